The van der Waals surface area contributed by atoms with Gasteiger partial charge in [0.1, 0.15) is 0 Å². The van der Waals surface area contributed by atoms with E-state index in [0.717, 1.165) is 32.6 Å². The number of likely N-dealkylation sites (N-methyl/N-ethyl adjacent to an activating group) is 1. The first kappa shape index (κ1) is 14.4. The Morgan fingerprint density at radius 1 is 1.35 bits per heavy atom. The monoisotopic (exact) mass is 243 g/mol. The van der Waals surface area contributed by atoms with E-state index in [0.29, 0.717) is 13.0 Å². The molecule has 0 saturated carbocycles. The van der Waals surface area contributed by atoms with Crippen molar-refractivity contribution < 1.29 is 9.90 Å². The molecule has 1 amide bonds. The lowest BCUT2D eigenvalue weighted by atomic mass is 10.1. The largest absolute Gasteiger partial charge is 0.396 e. The van der Waals surface area contributed by atoms with Gasteiger partial charge in [0.05, 0.1) is 6.54 Å². The molecule has 0 aromatic heterocycles. The summed E-state index contributed by atoms with van der Waals surface area (Å²) in [5.74, 6) is 0.175. The molecule has 1 aliphatic heterocycles. The van der Waals surface area contributed by atoms with Gasteiger partial charge in [-0.3, -0.25) is 4.79 Å². The SMILES string of the molecule is CCC(CCO)NCC(=O)N1CCN(C)CC1. The van der Waals surface area contributed by atoms with Gasteiger partial charge in [-0.2, -0.15) is 0 Å². The van der Waals surface area contributed by atoms with E-state index < -0.39 is 0 Å². The number of nitrogens with one attached hydrogen (secondary N) is 1. The second-order valence-corrected chi connectivity index (χ2v) is 4.68. The Balaban J connectivity index is 2.24. The predicted molar refractivity (Wildman–Crippen MR) is 67.9 cm³/mol. The van der Waals surface area contributed by atoms with Gasteiger partial charge in [-0.1, -0.05) is 6.92 Å². The van der Waals surface area contributed by atoms with Gasteiger partial charge in [0.15, 0.2) is 0 Å². The molecule has 1 aliphatic rings. The number of amides is 1. The molecule has 0 aromatic carbocycles. The number of nitrogens with zero attached hydrogens (tertiary/aromatic N) is 2. The Kier molecular flexibility index (Phi) is 6.47. The van der Waals surface area contributed by atoms with Crippen LogP contribution in [0, 0.1) is 0 Å². The minimum atomic E-state index is 0.175. The summed E-state index contributed by atoms with van der Waals surface area (Å²) in [6.07, 6.45) is 1.66. The molecule has 1 heterocycles. The third-order valence-corrected chi connectivity index (χ3v) is 3.37. The average molecular weight is 243 g/mol. The van der Waals surface area contributed by atoms with Gasteiger partial charge < -0.3 is 20.2 Å². The number of rotatable bonds is 6. The van der Waals surface area contributed by atoms with Gasteiger partial charge in [0.2, 0.25) is 5.91 Å². The van der Waals surface area contributed by atoms with E-state index >= 15 is 0 Å². The molecule has 0 aliphatic carbocycles. The number of carbonyl (C=O) groups is 1. The third-order valence-electron chi connectivity index (χ3n) is 3.37. The van der Waals surface area contributed by atoms with Crippen LogP contribution in [0.1, 0.15) is 19.8 Å². The number of aliphatic hydroxyl groups is 1. The predicted octanol–water partition coefficient (Wildman–Crippen LogP) is -0.489. The fraction of sp³-hybridized carbons (Fsp3) is 0.917. The Labute approximate surface area is 104 Å². The van der Waals surface area contributed by atoms with E-state index in [2.05, 4.69) is 24.2 Å². The maximum atomic E-state index is 11.9. The smallest absolute Gasteiger partial charge is 0.236 e. The first-order chi connectivity index (χ1) is 8.17. The number of aliphatic hydroxyl groups excluding tert-OH is 1. The summed E-state index contributed by atoms with van der Waals surface area (Å²) < 4.78 is 0. The van der Waals surface area contributed by atoms with Crippen LogP contribution in [-0.4, -0.2) is 73.2 Å². The molecule has 1 saturated heterocycles. The maximum absolute atomic E-state index is 11.9. The Morgan fingerprint density at radius 3 is 2.53 bits per heavy atom. The molecular formula is C12H25N3O2. The van der Waals surface area contributed by atoms with Crippen LogP contribution in [-0.2, 0) is 4.79 Å². The van der Waals surface area contributed by atoms with E-state index in [-0.39, 0.29) is 18.6 Å². The average Bonchev–Trinajstić information content (AvgIpc) is 2.35. The van der Waals surface area contributed by atoms with E-state index in [9.17, 15) is 4.79 Å². The summed E-state index contributed by atoms with van der Waals surface area (Å²) in [7, 11) is 2.08. The Hall–Kier alpha value is -0.650. The summed E-state index contributed by atoms with van der Waals surface area (Å²) in [5.41, 5.74) is 0. The fourth-order valence-corrected chi connectivity index (χ4v) is 2.01. The summed E-state index contributed by atoms with van der Waals surface area (Å²) in [6.45, 7) is 6.20. The zero-order valence-corrected chi connectivity index (χ0v) is 11.0. The lowest BCUT2D eigenvalue weighted by molar-refractivity contribution is -0.131. The van der Waals surface area contributed by atoms with E-state index in [1.54, 1.807) is 0 Å². The van der Waals surface area contributed by atoms with Gasteiger partial charge in [0.25, 0.3) is 0 Å². The second-order valence-electron chi connectivity index (χ2n) is 4.68. The maximum Gasteiger partial charge on any atom is 0.236 e. The van der Waals surface area contributed by atoms with Crippen molar-refractivity contribution in [2.75, 3.05) is 46.4 Å². The number of piperazine rings is 1. The van der Waals surface area contributed by atoms with Crippen molar-refractivity contribution >= 4 is 5.91 Å². The lowest BCUT2D eigenvalue weighted by Crippen LogP contribution is -2.50. The van der Waals surface area contributed by atoms with Gasteiger partial charge >= 0.3 is 0 Å². The van der Waals surface area contributed by atoms with Crippen molar-refractivity contribution in [2.45, 2.75) is 25.8 Å². The second kappa shape index (κ2) is 7.63. The molecule has 0 spiro atoms. The summed E-state index contributed by atoms with van der Waals surface area (Å²) in [5, 5.41) is 12.1. The van der Waals surface area contributed by atoms with Crippen LogP contribution in [0.5, 0.6) is 0 Å². The van der Waals surface area contributed by atoms with Crippen molar-refractivity contribution in [3.63, 3.8) is 0 Å². The van der Waals surface area contributed by atoms with Crippen molar-refractivity contribution in [1.82, 2.24) is 15.1 Å². The highest BCUT2D eigenvalue weighted by atomic mass is 16.3. The molecule has 2 N–H and O–H groups in total. The van der Waals surface area contributed by atoms with Crippen LogP contribution >= 0.6 is 0 Å². The molecule has 17 heavy (non-hydrogen) atoms. The first-order valence-corrected chi connectivity index (χ1v) is 6.48. The van der Waals surface area contributed by atoms with Crippen molar-refractivity contribution in [2.24, 2.45) is 0 Å². The Bertz CT molecular complexity index is 228. The highest BCUT2D eigenvalue weighted by molar-refractivity contribution is 5.78. The van der Waals surface area contributed by atoms with Crippen molar-refractivity contribution in [3.05, 3.63) is 0 Å². The zero-order chi connectivity index (χ0) is 12.7. The van der Waals surface area contributed by atoms with Crippen molar-refractivity contribution in [1.29, 1.82) is 0 Å². The zero-order valence-electron chi connectivity index (χ0n) is 11.0. The summed E-state index contributed by atoms with van der Waals surface area (Å²) in [4.78, 5) is 16.1. The molecule has 5 heteroatoms. The Morgan fingerprint density at radius 2 is 2.00 bits per heavy atom. The molecule has 0 bridgehead atoms. The quantitative estimate of drug-likeness (QED) is 0.661. The molecule has 100 valence electrons. The van der Waals surface area contributed by atoms with E-state index in [1.807, 2.05) is 4.90 Å². The molecule has 1 unspecified atom stereocenters. The normalized spacial score (nSPS) is 19.4. The minimum absolute atomic E-state index is 0.175. The molecule has 1 rings (SSSR count). The molecular weight excluding hydrogens is 218 g/mol. The number of carbonyl (C=O) groups excluding carboxylic acids is 1. The van der Waals surface area contributed by atoms with Crippen molar-refractivity contribution in [3.8, 4) is 0 Å². The third kappa shape index (κ3) is 5.02. The fourth-order valence-electron chi connectivity index (χ4n) is 2.01. The van der Waals surface area contributed by atoms with Crippen LogP contribution in [0.2, 0.25) is 0 Å². The molecule has 0 aromatic rings. The van der Waals surface area contributed by atoms with Crippen LogP contribution in [0.3, 0.4) is 0 Å². The first-order valence-electron chi connectivity index (χ1n) is 6.48. The highest BCUT2D eigenvalue weighted by Gasteiger charge is 2.19. The van der Waals surface area contributed by atoms with Crippen LogP contribution in [0.4, 0.5) is 0 Å². The van der Waals surface area contributed by atoms with Gasteiger partial charge in [-0.05, 0) is 19.9 Å². The van der Waals surface area contributed by atoms with Gasteiger partial charge in [-0.25, -0.2) is 0 Å². The van der Waals surface area contributed by atoms with Gasteiger partial charge in [-0.15, -0.1) is 0 Å². The summed E-state index contributed by atoms with van der Waals surface area (Å²) >= 11 is 0. The van der Waals surface area contributed by atoms with E-state index in [4.69, 9.17) is 5.11 Å². The topological polar surface area (TPSA) is 55.8 Å². The van der Waals surface area contributed by atoms with E-state index in [1.165, 1.54) is 0 Å². The molecule has 5 nitrogen and oxygen atoms in total. The lowest BCUT2D eigenvalue weighted by Gasteiger charge is -2.32. The molecule has 0 radical (unpaired) electrons. The van der Waals surface area contributed by atoms with Crippen LogP contribution in [0.25, 0.3) is 0 Å². The molecule has 1 atom stereocenters. The molecule has 1 fully saturated rings. The van der Waals surface area contributed by atoms with Crippen LogP contribution < -0.4 is 5.32 Å². The van der Waals surface area contributed by atoms with Crippen LogP contribution in [0.15, 0.2) is 0 Å². The minimum Gasteiger partial charge on any atom is -0.396 e. The number of hydrogen-bond acceptors (Lipinski definition) is 4. The number of hydrogen-bond donors (Lipinski definition) is 2. The van der Waals surface area contributed by atoms with Gasteiger partial charge in [0, 0.05) is 38.8 Å². The standard InChI is InChI=1S/C12H25N3O2/c1-3-11(4-9-16)13-10-12(17)15-7-5-14(2)6-8-15/h11,13,16H,3-10H2,1-2H3. The highest BCUT2D eigenvalue weighted by Crippen LogP contribution is 2.00. The summed E-state index contributed by atoms with van der Waals surface area (Å²) in [6, 6.07) is 0.247.